The summed E-state index contributed by atoms with van der Waals surface area (Å²) in [5, 5.41) is 31.0. The highest BCUT2D eigenvalue weighted by Crippen LogP contribution is 2.89. The Morgan fingerprint density at radius 1 is 0.872 bits per heavy atom. The summed E-state index contributed by atoms with van der Waals surface area (Å²) in [7, 11) is 0. The zero-order valence-corrected chi connectivity index (χ0v) is 29.2. The van der Waals surface area contributed by atoms with E-state index in [2.05, 4.69) is 41.5 Å². The average Bonchev–Trinajstić information content (AvgIpc) is 3.81. The minimum absolute atomic E-state index is 0.00697. The molecule has 5 saturated carbocycles. The molecule has 4 saturated heterocycles. The first-order valence-corrected chi connectivity index (χ1v) is 18.5. The Morgan fingerprint density at radius 2 is 1.62 bits per heavy atom. The van der Waals surface area contributed by atoms with Gasteiger partial charge in [-0.2, -0.15) is 0 Å². The first-order valence-electron chi connectivity index (χ1n) is 18.5. The highest BCUT2D eigenvalue weighted by molar-refractivity contribution is 5.66. The van der Waals surface area contributed by atoms with Crippen molar-refractivity contribution in [3.8, 4) is 0 Å². The Labute approximate surface area is 278 Å². The molecule has 3 N–H and O–H groups in total. The van der Waals surface area contributed by atoms with Crippen LogP contribution in [0.15, 0.2) is 0 Å². The number of aliphatic hydroxyl groups is 3. The van der Waals surface area contributed by atoms with Gasteiger partial charge in [0.05, 0.1) is 25.4 Å². The second-order valence-corrected chi connectivity index (χ2v) is 18.9. The van der Waals surface area contributed by atoms with Crippen molar-refractivity contribution in [2.75, 3.05) is 13.2 Å². The Bertz CT molecular complexity index is 1360. The molecule has 0 radical (unpaired) electrons. The Kier molecular flexibility index (Phi) is 6.50. The second-order valence-electron chi connectivity index (χ2n) is 18.9. The monoisotopic (exact) mass is 660 g/mol. The lowest BCUT2D eigenvalue weighted by atomic mass is 9.41. The fourth-order valence-corrected chi connectivity index (χ4v) is 14.6. The van der Waals surface area contributed by atoms with E-state index >= 15 is 0 Å². The first-order chi connectivity index (χ1) is 22.0. The van der Waals surface area contributed by atoms with Crippen LogP contribution >= 0.6 is 0 Å². The standard InChI is InChI=1S/C37H56O10/c1-18-12-37(30-33(6,47-30)17-43-37)46-21-13-32(5)23-9-8-22-31(3,4)24(45-29-28(41)27(40)20(39)15-42-29)10-11-35(22)16-36(23,35)14-25(44-19(2)38)34(32,7)26(18)21/h18,20-30,39-41H,8-17H2,1-7H3/t18-,20-,21+,22+,23+,24+,25-,26+,27+,28-,29+,30+,32+,33+,34-,35-,36+,37-/m1/s1. The van der Waals surface area contributed by atoms with Gasteiger partial charge in [0.2, 0.25) is 0 Å². The van der Waals surface area contributed by atoms with Gasteiger partial charge < -0.3 is 43.7 Å². The molecule has 3 spiro atoms. The number of rotatable bonds is 3. The molecule has 4 aliphatic heterocycles. The zero-order valence-electron chi connectivity index (χ0n) is 29.2. The Morgan fingerprint density at radius 3 is 2.30 bits per heavy atom. The van der Waals surface area contributed by atoms with E-state index in [4.69, 9.17) is 28.4 Å². The van der Waals surface area contributed by atoms with Crippen LogP contribution in [0.4, 0.5) is 0 Å². The van der Waals surface area contributed by atoms with Crippen LogP contribution in [0.5, 0.6) is 0 Å². The van der Waals surface area contributed by atoms with E-state index in [0.717, 1.165) is 51.4 Å². The van der Waals surface area contributed by atoms with Crippen LogP contribution in [0.25, 0.3) is 0 Å². The number of hydrogen-bond donors (Lipinski definition) is 3. The second kappa shape index (κ2) is 9.52. The smallest absolute Gasteiger partial charge is 0.302 e. The van der Waals surface area contributed by atoms with Gasteiger partial charge in [-0.1, -0.05) is 34.6 Å². The maximum atomic E-state index is 12.9. The molecule has 264 valence electrons. The molecule has 0 unspecified atom stereocenters. The number of hydrogen-bond acceptors (Lipinski definition) is 10. The molecule has 18 atom stereocenters. The molecule has 0 amide bonds. The van der Waals surface area contributed by atoms with E-state index in [9.17, 15) is 20.1 Å². The van der Waals surface area contributed by atoms with Crippen molar-refractivity contribution in [3.05, 3.63) is 0 Å². The minimum Gasteiger partial charge on any atom is -0.462 e. The van der Waals surface area contributed by atoms with Crippen LogP contribution in [-0.4, -0.2) is 94.9 Å². The molecule has 47 heavy (non-hydrogen) atoms. The molecule has 9 fully saturated rings. The van der Waals surface area contributed by atoms with Gasteiger partial charge in [0.15, 0.2) is 12.1 Å². The summed E-state index contributed by atoms with van der Waals surface area (Å²) >= 11 is 0. The van der Waals surface area contributed by atoms with Gasteiger partial charge in [-0.25, -0.2) is 0 Å². The van der Waals surface area contributed by atoms with Gasteiger partial charge in [-0.05, 0) is 97.2 Å². The molecule has 10 nitrogen and oxygen atoms in total. The summed E-state index contributed by atoms with van der Waals surface area (Å²) in [4.78, 5) is 12.9. The number of ether oxygens (including phenoxy) is 6. The van der Waals surface area contributed by atoms with E-state index in [1.807, 2.05) is 0 Å². The lowest BCUT2D eigenvalue weighted by Crippen LogP contribution is -2.64. The van der Waals surface area contributed by atoms with Crippen LogP contribution in [0.3, 0.4) is 0 Å². The molecular weight excluding hydrogens is 604 g/mol. The van der Waals surface area contributed by atoms with Crippen molar-refractivity contribution < 1.29 is 48.5 Å². The zero-order chi connectivity index (χ0) is 33.3. The molecular formula is C37H56O10. The summed E-state index contributed by atoms with van der Waals surface area (Å²) in [6, 6.07) is 0. The van der Waals surface area contributed by atoms with Crippen molar-refractivity contribution in [2.45, 2.75) is 160 Å². The normalized spacial score (nSPS) is 62.8. The number of epoxide rings is 1. The number of carbonyl (C=O) groups is 1. The maximum absolute atomic E-state index is 12.9. The quantitative estimate of drug-likeness (QED) is 0.234. The fourth-order valence-electron chi connectivity index (χ4n) is 14.6. The van der Waals surface area contributed by atoms with Gasteiger partial charge >= 0.3 is 5.97 Å². The highest BCUT2D eigenvalue weighted by atomic mass is 16.8. The van der Waals surface area contributed by atoms with E-state index in [0.29, 0.717) is 24.4 Å². The number of esters is 1. The van der Waals surface area contributed by atoms with Crippen LogP contribution in [-0.2, 0) is 33.2 Å². The van der Waals surface area contributed by atoms with E-state index < -0.39 is 30.4 Å². The first kappa shape index (κ1) is 32.1. The van der Waals surface area contributed by atoms with Gasteiger partial charge in [0.25, 0.3) is 0 Å². The van der Waals surface area contributed by atoms with Gasteiger partial charge in [-0.3, -0.25) is 4.79 Å². The third-order valence-electron chi connectivity index (χ3n) is 16.6. The molecule has 9 aliphatic rings. The van der Waals surface area contributed by atoms with Crippen molar-refractivity contribution in [1.82, 2.24) is 0 Å². The third-order valence-corrected chi connectivity index (χ3v) is 16.6. The van der Waals surface area contributed by atoms with E-state index in [1.54, 1.807) is 6.92 Å². The molecule has 4 heterocycles. The molecule has 0 bridgehead atoms. The summed E-state index contributed by atoms with van der Waals surface area (Å²) < 4.78 is 38.4. The van der Waals surface area contributed by atoms with Crippen molar-refractivity contribution in [2.24, 2.45) is 50.7 Å². The SMILES string of the molecule is CC(=O)O[C@@H]1C[C@@]23C[C@@]24CC[C@H](O[C@@H]2OC[C@@H](O)[C@H](O)[C@H]2O)C(C)(C)[C@@H]4CC[C@H]3[C@]2(C)C[C@@H]3O[C@@]4(C[C@@H](C)[C@@H]3[C@@]12C)OC[C@]1(C)O[C@H]41. The molecule has 0 aromatic rings. The topological polar surface area (TPSA) is 136 Å². The van der Waals surface area contributed by atoms with Crippen molar-refractivity contribution >= 4 is 5.97 Å². The molecule has 0 aromatic heterocycles. The lowest BCUT2D eigenvalue weighted by molar-refractivity contribution is -0.309. The Balaban J connectivity index is 1.03. The summed E-state index contributed by atoms with van der Waals surface area (Å²) in [6.45, 7) is 16.1. The fraction of sp³-hybridized carbons (Fsp3) is 0.973. The maximum Gasteiger partial charge on any atom is 0.302 e. The van der Waals surface area contributed by atoms with Gasteiger partial charge in [-0.15, -0.1) is 0 Å². The van der Waals surface area contributed by atoms with E-state index in [-0.39, 0.29) is 75.6 Å². The van der Waals surface area contributed by atoms with Crippen LogP contribution < -0.4 is 0 Å². The predicted molar refractivity (Wildman–Crippen MR) is 166 cm³/mol. The third kappa shape index (κ3) is 3.78. The van der Waals surface area contributed by atoms with E-state index in [1.165, 1.54) is 0 Å². The van der Waals surface area contributed by atoms with Crippen molar-refractivity contribution in [3.63, 3.8) is 0 Å². The van der Waals surface area contributed by atoms with Crippen LogP contribution in [0.2, 0.25) is 0 Å². The number of fused-ring (bicyclic) bond motifs is 6. The summed E-state index contributed by atoms with van der Waals surface area (Å²) in [5.74, 6) is 0.642. The molecule has 10 heteroatoms. The Hall–Kier alpha value is -0.850. The predicted octanol–water partition coefficient (Wildman–Crippen LogP) is 3.71. The summed E-state index contributed by atoms with van der Waals surface area (Å²) in [6.07, 6.45) is 2.89. The minimum atomic E-state index is -1.29. The molecule has 9 rings (SSSR count). The largest absolute Gasteiger partial charge is 0.462 e. The van der Waals surface area contributed by atoms with Gasteiger partial charge in [0, 0.05) is 18.8 Å². The number of carbonyl (C=O) groups excluding carboxylic acids is 1. The van der Waals surface area contributed by atoms with Crippen LogP contribution in [0, 0.1) is 50.7 Å². The number of aliphatic hydroxyl groups excluding tert-OH is 3. The van der Waals surface area contributed by atoms with Crippen molar-refractivity contribution in [1.29, 1.82) is 0 Å². The summed E-state index contributed by atoms with van der Waals surface area (Å²) in [5.41, 5.74) is -0.492. The van der Waals surface area contributed by atoms with Crippen LogP contribution in [0.1, 0.15) is 99.8 Å². The molecule has 0 aromatic carbocycles. The lowest BCUT2D eigenvalue weighted by Gasteiger charge is -2.65. The highest BCUT2D eigenvalue weighted by Gasteiger charge is 2.86. The average molecular weight is 661 g/mol. The van der Waals surface area contributed by atoms with Gasteiger partial charge in [0.1, 0.15) is 36.1 Å². The molecule has 5 aliphatic carbocycles.